The van der Waals surface area contributed by atoms with Gasteiger partial charge >= 0.3 is 0 Å². The molecule has 114 valence electrons. The maximum absolute atomic E-state index is 12.3. The van der Waals surface area contributed by atoms with Crippen LogP contribution in [-0.4, -0.2) is 35.5 Å². The molecule has 1 aliphatic carbocycles. The molecule has 0 saturated carbocycles. The van der Waals surface area contributed by atoms with E-state index in [0.29, 0.717) is 6.42 Å². The summed E-state index contributed by atoms with van der Waals surface area (Å²) >= 11 is 0. The minimum absolute atomic E-state index is 0.0370. The minimum atomic E-state index is -1.05. The van der Waals surface area contributed by atoms with Crippen LogP contribution in [0, 0.1) is 5.92 Å². The van der Waals surface area contributed by atoms with Gasteiger partial charge in [-0.15, -0.1) is 0 Å². The Morgan fingerprint density at radius 2 is 2.05 bits per heavy atom. The number of amides is 1. The monoisotopic (exact) mass is 288 g/mol. The summed E-state index contributed by atoms with van der Waals surface area (Å²) in [5, 5.41) is 10.6. The molecule has 1 aliphatic rings. The highest BCUT2D eigenvalue weighted by atomic mass is 16.3. The number of allylic oxidation sites excluding steroid dienone is 1. The molecule has 0 aromatic heterocycles. The second-order valence-electron chi connectivity index (χ2n) is 6.14. The van der Waals surface area contributed by atoms with Crippen molar-refractivity contribution in [2.45, 2.75) is 31.4 Å². The highest BCUT2D eigenvalue weighted by molar-refractivity contribution is 5.76. The van der Waals surface area contributed by atoms with Crippen LogP contribution >= 0.6 is 0 Å². The van der Waals surface area contributed by atoms with Crippen molar-refractivity contribution in [1.82, 2.24) is 4.90 Å². The van der Waals surface area contributed by atoms with Crippen LogP contribution in [0.1, 0.15) is 25.3 Å². The van der Waals surface area contributed by atoms with Crippen LogP contribution in [0.15, 0.2) is 42.5 Å². The summed E-state index contributed by atoms with van der Waals surface area (Å²) < 4.78 is 0. The second-order valence-corrected chi connectivity index (χ2v) is 6.14. The quantitative estimate of drug-likeness (QED) is 0.810. The third kappa shape index (κ3) is 4.16. The Labute approximate surface area is 126 Å². The topological polar surface area (TPSA) is 66.6 Å². The van der Waals surface area contributed by atoms with Gasteiger partial charge in [0.1, 0.15) is 5.60 Å². The van der Waals surface area contributed by atoms with E-state index in [1.807, 2.05) is 42.5 Å². The number of carbonyl (C=O) groups is 1. The molecule has 4 nitrogen and oxygen atoms in total. The molecule has 0 aliphatic heterocycles. The third-order valence-corrected chi connectivity index (χ3v) is 4.01. The average molecular weight is 288 g/mol. The SMILES string of the molecule is CN(CC(C)(O)c1ccccc1)C(=O)C[C@@H]1C=C[C@H](N)C1. The molecule has 21 heavy (non-hydrogen) atoms. The number of aliphatic hydroxyl groups is 1. The Hall–Kier alpha value is -1.65. The molecule has 0 fully saturated rings. The van der Waals surface area contributed by atoms with Gasteiger partial charge in [-0.1, -0.05) is 42.5 Å². The molecule has 0 saturated heterocycles. The molecular formula is C17H24N2O2. The van der Waals surface area contributed by atoms with Crippen molar-refractivity contribution in [3.63, 3.8) is 0 Å². The number of nitrogens with zero attached hydrogens (tertiary/aromatic N) is 1. The first-order valence-electron chi connectivity index (χ1n) is 7.34. The standard InChI is InChI=1S/C17H24N2O2/c1-17(21,14-6-4-3-5-7-14)12-19(2)16(20)11-13-8-9-15(18)10-13/h3-9,13,15,21H,10-12,18H2,1-2H3/t13-,15+,17?/m1/s1. The molecule has 0 radical (unpaired) electrons. The summed E-state index contributed by atoms with van der Waals surface area (Å²) in [6, 6.07) is 9.49. The van der Waals surface area contributed by atoms with Gasteiger partial charge in [0.2, 0.25) is 5.91 Å². The zero-order chi connectivity index (χ0) is 15.5. The van der Waals surface area contributed by atoms with Crippen molar-refractivity contribution in [3.05, 3.63) is 48.0 Å². The van der Waals surface area contributed by atoms with E-state index >= 15 is 0 Å². The highest BCUT2D eigenvalue weighted by Crippen LogP contribution is 2.24. The van der Waals surface area contributed by atoms with Gasteiger partial charge in [0.05, 0.1) is 6.54 Å². The van der Waals surface area contributed by atoms with Crippen LogP contribution in [0.3, 0.4) is 0 Å². The lowest BCUT2D eigenvalue weighted by atomic mass is 9.95. The second kappa shape index (κ2) is 6.41. The first kappa shape index (κ1) is 15.7. The van der Waals surface area contributed by atoms with Crippen LogP contribution in [0.2, 0.25) is 0 Å². The highest BCUT2D eigenvalue weighted by Gasteiger charge is 2.28. The summed E-state index contributed by atoms with van der Waals surface area (Å²) in [5.74, 6) is 0.256. The van der Waals surface area contributed by atoms with Crippen LogP contribution in [0.25, 0.3) is 0 Å². The summed E-state index contributed by atoms with van der Waals surface area (Å²) in [7, 11) is 1.73. The van der Waals surface area contributed by atoms with Crippen molar-refractivity contribution in [2.24, 2.45) is 11.7 Å². The number of rotatable bonds is 5. The van der Waals surface area contributed by atoms with Gasteiger partial charge < -0.3 is 15.7 Å². The third-order valence-electron chi connectivity index (χ3n) is 4.01. The summed E-state index contributed by atoms with van der Waals surface area (Å²) in [6.07, 6.45) is 5.25. The Bertz CT molecular complexity index is 511. The van der Waals surface area contributed by atoms with E-state index in [1.54, 1.807) is 18.9 Å². The molecule has 3 N–H and O–H groups in total. The number of hydrogen-bond donors (Lipinski definition) is 2. The first-order valence-corrected chi connectivity index (χ1v) is 7.34. The summed E-state index contributed by atoms with van der Waals surface area (Å²) in [6.45, 7) is 2.01. The molecule has 1 aromatic rings. The van der Waals surface area contributed by atoms with Gasteiger partial charge in [0, 0.05) is 19.5 Å². The van der Waals surface area contributed by atoms with E-state index in [9.17, 15) is 9.90 Å². The summed E-state index contributed by atoms with van der Waals surface area (Å²) in [5.41, 5.74) is 5.57. The van der Waals surface area contributed by atoms with Gasteiger partial charge in [-0.2, -0.15) is 0 Å². The molecule has 2 rings (SSSR count). The first-order chi connectivity index (χ1) is 9.88. The van der Waals surface area contributed by atoms with Gasteiger partial charge in [-0.05, 0) is 24.8 Å². The molecule has 3 atom stereocenters. The smallest absolute Gasteiger partial charge is 0.223 e. The minimum Gasteiger partial charge on any atom is -0.384 e. The maximum atomic E-state index is 12.3. The molecule has 4 heteroatoms. The van der Waals surface area contributed by atoms with E-state index in [1.165, 1.54) is 0 Å². The number of nitrogens with two attached hydrogens (primary N) is 1. The molecule has 1 unspecified atom stereocenters. The lowest BCUT2D eigenvalue weighted by Crippen LogP contribution is -2.40. The van der Waals surface area contributed by atoms with Gasteiger partial charge in [0.25, 0.3) is 0 Å². The van der Waals surface area contributed by atoms with Crippen molar-refractivity contribution < 1.29 is 9.90 Å². The van der Waals surface area contributed by atoms with Crippen LogP contribution in [-0.2, 0) is 10.4 Å². The summed E-state index contributed by atoms with van der Waals surface area (Å²) in [4.78, 5) is 13.9. The fraction of sp³-hybridized carbons (Fsp3) is 0.471. The number of likely N-dealkylation sites (N-methyl/N-ethyl adjacent to an activating group) is 1. The Kier molecular flexibility index (Phi) is 4.80. The van der Waals surface area contributed by atoms with E-state index in [2.05, 4.69) is 0 Å². The predicted molar refractivity (Wildman–Crippen MR) is 83.5 cm³/mol. The number of carbonyl (C=O) groups excluding carboxylic acids is 1. The zero-order valence-electron chi connectivity index (χ0n) is 12.7. The number of benzene rings is 1. The van der Waals surface area contributed by atoms with Gasteiger partial charge in [-0.3, -0.25) is 4.79 Å². The van der Waals surface area contributed by atoms with E-state index in [4.69, 9.17) is 5.73 Å². The van der Waals surface area contributed by atoms with Crippen LogP contribution in [0.4, 0.5) is 0 Å². The fourth-order valence-corrected chi connectivity index (χ4v) is 2.78. The molecule has 1 aromatic carbocycles. The molecule has 1 amide bonds. The number of hydrogen-bond acceptors (Lipinski definition) is 3. The van der Waals surface area contributed by atoms with E-state index in [-0.39, 0.29) is 24.4 Å². The van der Waals surface area contributed by atoms with E-state index in [0.717, 1.165) is 12.0 Å². The predicted octanol–water partition coefficient (Wildman–Crippen LogP) is 1.65. The van der Waals surface area contributed by atoms with Crippen LogP contribution in [0.5, 0.6) is 0 Å². The average Bonchev–Trinajstić information content (AvgIpc) is 2.84. The van der Waals surface area contributed by atoms with Crippen molar-refractivity contribution in [1.29, 1.82) is 0 Å². The molecular weight excluding hydrogens is 264 g/mol. The Morgan fingerprint density at radius 1 is 1.38 bits per heavy atom. The Balaban J connectivity index is 1.92. The fourth-order valence-electron chi connectivity index (χ4n) is 2.78. The normalized spacial score (nSPS) is 23.8. The molecule has 0 heterocycles. The largest absolute Gasteiger partial charge is 0.384 e. The van der Waals surface area contributed by atoms with E-state index < -0.39 is 5.60 Å². The zero-order valence-corrected chi connectivity index (χ0v) is 12.7. The van der Waals surface area contributed by atoms with Crippen molar-refractivity contribution in [3.8, 4) is 0 Å². The van der Waals surface area contributed by atoms with Gasteiger partial charge in [0.15, 0.2) is 0 Å². The lowest BCUT2D eigenvalue weighted by molar-refractivity contribution is -0.133. The maximum Gasteiger partial charge on any atom is 0.223 e. The lowest BCUT2D eigenvalue weighted by Gasteiger charge is -2.30. The van der Waals surface area contributed by atoms with Crippen LogP contribution < -0.4 is 5.73 Å². The Morgan fingerprint density at radius 3 is 2.62 bits per heavy atom. The molecule has 0 spiro atoms. The molecule has 0 bridgehead atoms. The van der Waals surface area contributed by atoms with Crippen molar-refractivity contribution >= 4 is 5.91 Å². The van der Waals surface area contributed by atoms with Gasteiger partial charge in [-0.25, -0.2) is 0 Å². The van der Waals surface area contributed by atoms with Crippen molar-refractivity contribution in [2.75, 3.05) is 13.6 Å².